The lowest BCUT2D eigenvalue weighted by Gasteiger charge is -2.08. The van der Waals surface area contributed by atoms with Crippen molar-refractivity contribution in [2.45, 2.75) is 6.18 Å². The molecule has 0 aromatic heterocycles. The van der Waals surface area contributed by atoms with E-state index in [1.165, 1.54) is 0 Å². The van der Waals surface area contributed by atoms with Crippen molar-refractivity contribution in [3.8, 4) is 5.75 Å². The zero-order valence-electron chi connectivity index (χ0n) is 9.69. The molecule has 19 heavy (non-hydrogen) atoms. The number of methoxy groups -OCH3 is 1. The van der Waals surface area contributed by atoms with Gasteiger partial charge in [-0.1, -0.05) is 0 Å². The van der Waals surface area contributed by atoms with E-state index in [1.807, 2.05) is 0 Å². The molecule has 0 saturated heterocycles. The molecule has 0 fully saturated rings. The lowest BCUT2D eigenvalue weighted by atomic mass is 10.1. The highest BCUT2D eigenvalue weighted by atomic mass is 19.4. The van der Waals surface area contributed by atoms with E-state index in [0.29, 0.717) is 12.1 Å². The Bertz CT molecular complexity index is 532. The third kappa shape index (κ3) is 3.84. The van der Waals surface area contributed by atoms with Crippen LogP contribution >= 0.6 is 0 Å². The maximum absolute atomic E-state index is 12.3. The van der Waals surface area contributed by atoms with Crippen molar-refractivity contribution in [3.05, 3.63) is 41.5 Å². The fourth-order valence-electron chi connectivity index (χ4n) is 1.22. The lowest BCUT2D eigenvalue weighted by molar-refractivity contribution is -0.137. The van der Waals surface area contributed by atoms with Gasteiger partial charge in [-0.25, -0.2) is 4.79 Å². The molecule has 7 heteroatoms. The van der Waals surface area contributed by atoms with Gasteiger partial charge in [-0.2, -0.15) is 13.2 Å². The fourth-order valence-corrected chi connectivity index (χ4v) is 1.22. The summed E-state index contributed by atoms with van der Waals surface area (Å²) >= 11 is 0. The molecule has 0 heterocycles. The molecule has 0 saturated carbocycles. The largest absolute Gasteiger partial charge is 0.507 e. The van der Waals surface area contributed by atoms with Gasteiger partial charge in [0, 0.05) is 6.08 Å². The minimum atomic E-state index is -4.61. The smallest absolute Gasteiger partial charge is 0.416 e. The van der Waals surface area contributed by atoms with Crippen LogP contribution in [0.1, 0.15) is 15.9 Å². The summed E-state index contributed by atoms with van der Waals surface area (Å²) < 4.78 is 41.2. The molecule has 1 rings (SSSR count). The Labute approximate surface area is 106 Å². The minimum absolute atomic E-state index is 0.340. The van der Waals surface area contributed by atoms with Crippen LogP contribution in [-0.4, -0.2) is 24.0 Å². The van der Waals surface area contributed by atoms with Crippen LogP contribution in [-0.2, 0) is 15.7 Å². The molecule has 1 aromatic carbocycles. The number of aromatic hydroxyl groups is 1. The molecule has 0 aliphatic carbocycles. The maximum Gasteiger partial charge on any atom is 0.416 e. The van der Waals surface area contributed by atoms with Gasteiger partial charge in [-0.15, -0.1) is 0 Å². The van der Waals surface area contributed by atoms with E-state index in [-0.39, 0.29) is 5.56 Å². The SMILES string of the molecule is COC(=O)/C=C/C(=O)c1ccc(C(F)(F)F)cc1O. The Morgan fingerprint density at radius 2 is 1.89 bits per heavy atom. The van der Waals surface area contributed by atoms with Crippen LogP contribution in [0.3, 0.4) is 0 Å². The van der Waals surface area contributed by atoms with Crippen LogP contribution in [0, 0.1) is 0 Å². The first-order valence-electron chi connectivity index (χ1n) is 4.96. The molecule has 0 aliphatic heterocycles. The number of esters is 1. The van der Waals surface area contributed by atoms with Crippen LogP contribution in [0.4, 0.5) is 13.2 Å². The van der Waals surface area contributed by atoms with Crippen molar-refractivity contribution in [3.63, 3.8) is 0 Å². The number of carbonyl (C=O) groups is 2. The second-order valence-electron chi connectivity index (χ2n) is 3.45. The highest BCUT2D eigenvalue weighted by Gasteiger charge is 2.31. The number of phenolic OH excluding ortho intramolecular Hbond substituents is 1. The molecule has 0 aliphatic rings. The van der Waals surface area contributed by atoms with Crippen molar-refractivity contribution >= 4 is 11.8 Å². The Hall–Kier alpha value is -2.31. The van der Waals surface area contributed by atoms with E-state index in [4.69, 9.17) is 0 Å². The number of alkyl halides is 3. The number of ketones is 1. The van der Waals surface area contributed by atoms with Gasteiger partial charge in [0.25, 0.3) is 0 Å². The van der Waals surface area contributed by atoms with Gasteiger partial charge in [0.05, 0.1) is 18.2 Å². The number of carbonyl (C=O) groups excluding carboxylic acids is 2. The quantitative estimate of drug-likeness (QED) is 0.522. The number of rotatable bonds is 3. The van der Waals surface area contributed by atoms with Crippen molar-refractivity contribution in [1.82, 2.24) is 0 Å². The molecule has 102 valence electrons. The first-order valence-corrected chi connectivity index (χ1v) is 4.96. The monoisotopic (exact) mass is 274 g/mol. The van der Waals surface area contributed by atoms with Gasteiger partial charge >= 0.3 is 12.1 Å². The maximum atomic E-state index is 12.3. The van der Waals surface area contributed by atoms with Gasteiger partial charge in [-0.05, 0) is 24.3 Å². The Morgan fingerprint density at radius 1 is 1.26 bits per heavy atom. The van der Waals surface area contributed by atoms with Crippen LogP contribution in [0.25, 0.3) is 0 Å². The summed E-state index contributed by atoms with van der Waals surface area (Å²) in [5.41, 5.74) is -1.41. The van der Waals surface area contributed by atoms with E-state index in [2.05, 4.69) is 4.74 Å². The molecule has 0 radical (unpaired) electrons. The molecule has 1 N–H and O–H groups in total. The number of hydrogen-bond donors (Lipinski definition) is 1. The molecular weight excluding hydrogens is 265 g/mol. The lowest BCUT2D eigenvalue weighted by Crippen LogP contribution is -2.06. The number of benzene rings is 1. The molecule has 0 unspecified atom stereocenters. The normalized spacial score (nSPS) is 11.6. The molecule has 0 bridgehead atoms. The van der Waals surface area contributed by atoms with Crippen LogP contribution < -0.4 is 0 Å². The van der Waals surface area contributed by atoms with E-state index in [1.54, 1.807) is 0 Å². The van der Waals surface area contributed by atoms with E-state index >= 15 is 0 Å². The standard InChI is InChI=1S/C12H9F3O4/c1-19-11(18)5-4-9(16)8-3-2-7(6-10(8)17)12(13,14)15/h2-6,17H,1H3/b5-4+. The molecule has 0 spiro atoms. The highest BCUT2D eigenvalue weighted by molar-refractivity contribution is 6.08. The Morgan fingerprint density at radius 3 is 2.37 bits per heavy atom. The van der Waals surface area contributed by atoms with E-state index < -0.39 is 29.2 Å². The first kappa shape index (κ1) is 14.7. The topological polar surface area (TPSA) is 63.6 Å². The predicted molar refractivity (Wildman–Crippen MR) is 58.6 cm³/mol. The number of phenols is 1. The molecular formula is C12H9F3O4. The number of ether oxygens (including phenoxy) is 1. The van der Waals surface area contributed by atoms with Gasteiger partial charge in [-0.3, -0.25) is 4.79 Å². The van der Waals surface area contributed by atoms with Crippen LogP contribution in [0.15, 0.2) is 30.4 Å². The molecule has 0 amide bonds. The third-order valence-electron chi connectivity index (χ3n) is 2.16. The average molecular weight is 274 g/mol. The second-order valence-corrected chi connectivity index (χ2v) is 3.45. The zero-order chi connectivity index (χ0) is 14.6. The number of halogens is 3. The van der Waals surface area contributed by atoms with Gasteiger partial charge in [0.15, 0.2) is 5.78 Å². The van der Waals surface area contributed by atoms with Crippen LogP contribution in [0.5, 0.6) is 5.75 Å². The summed E-state index contributed by atoms with van der Waals surface area (Å²) in [6, 6.07) is 1.94. The summed E-state index contributed by atoms with van der Waals surface area (Å²) in [5, 5.41) is 9.38. The van der Waals surface area contributed by atoms with Crippen molar-refractivity contribution in [2.24, 2.45) is 0 Å². The Kier molecular flexibility index (Phi) is 4.31. The van der Waals surface area contributed by atoms with Crippen molar-refractivity contribution in [2.75, 3.05) is 7.11 Å². The summed E-state index contributed by atoms with van der Waals surface area (Å²) in [6.45, 7) is 0. The van der Waals surface area contributed by atoms with Crippen molar-refractivity contribution < 1.29 is 32.6 Å². The summed E-state index contributed by atoms with van der Waals surface area (Å²) in [4.78, 5) is 22.3. The summed E-state index contributed by atoms with van der Waals surface area (Å²) in [7, 11) is 1.10. The van der Waals surface area contributed by atoms with Crippen LogP contribution in [0.2, 0.25) is 0 Å². The predicted octanol–water partition coefficient (Wildman–Crippen LogP) is 2.32. The Balaban J connectivity index is 3.00. The average Bonchev–Trinajstić information content (AvgIpc) is 2.34. The molecule has 1 aromatic rings. The fraction of sp³-hybridized carbons (Fsp3) is 0.167. The van der Waals surface area contributed by atoms with Crippen molar-refractivity contribution in [1.29, 1.82) is 0 Å². The highest BCUT2D eigenvalue weighted by Crippen LogP contribution is 2.32. The minimum Gasteiger partial charge on any atom is -0.507 e. The molecule has 4 nitrogen and oxygen atoms in total. The summed E-state index contributed by atoms with van der Waals surface area (Å²) in [6.07, 6.45) is -3.01. The van der Waals surface area contributed by atoms with Gasteiger partial charge in [0.2, 0.25) is 0 Å². The second kappa shape index (κ2) is 5.55. The van der Waals surface area contributed by atoms with Gasteiger partial charge < -0.3 is 9.84 Å². The third-order valence-corrected chi connectivity index (χ3v) is 2.16. The van der Waals surface area contributed by atoms with E-state index in [9.17, 15) is 27.9 Å². The molecule has 0 atom stereocenters. The first-order chi connectivity index (χ1) is 8.75. The summed E-state index contributed by atoms with van der Waals surface area (Å²) in [5.74, 6) is -2.41. The number of hydrogen-bond acceptors (Lipinski definition) is 4. The van der Waals surface area contributed by atoms with Gasteiger partial charge in [0.1, 0.15) is 5.75 Å². The van der Waals surface area contributed by atoms with E-state index in [0.717, 1.165) is 25.3 Å². The zero-order valence-corrected chi connectivity index (χ0v) is 9.69. The number of allylic oxidation sites excluding steroid dienone is 1.